The molecule has 8 heteroatoms. The topological polar surface area (TPSA) is 87.2 Å². The Labute approximate surface area is 130 Å². The van der Waals surface area contributed by atoms with Crippen LogP contribution in [-0.4, -0.2) is 36.2 Å². The normalized spacial score (nSPS) is 11.3. The van der Waals surface area contributed by atoms with E-state index in [2.05, 4.69) is 20.1 Å². The van der Waals surface area contributed by atoms with Gasteiger partial charge < -0.3 is 4.74 Å². The lowest BCUT2D eigenvalue weighted by atomic mass is 10.3. The van der Waals surface area contributed by atoms with Crippen LogP contribution in [0.4, 0.5) is 0 Å². The van der Waals surface area contributed by atoms with E-state index >= 15 is 0 Å². The molecular formula is C15H12N6O2. The van der Waals surface area contributed by atoms with E-state index in [9.17, 15) is 4.79 Å². The Morgan fingerprint density at radius 1 is 1.26 bits per heavy atom. The molecule has 0 saturated carbocycles. The summed E-state index contributed by atoms with van der Waals surface area (Å²) < 4.78 is 8.11. The molecule has 4 aromatic heterocycles. The van der Waals surface area contributed by atoms with Crippen LogP contribution in [-0.2, 0) is 11.3 Å². The maximum Gasteiger partial charge on any atom is 0.266 e. The van der Waals surface area contributed by atoms with Crippen LogP contribution in [0.1, 0.15) is 5.82 Å². The zero-order valence-corrected chi connectivity index (χ0v) is 12.2. The molecule has 0 saturated heterocycles. The van der Waals surface area contributed by atoms with Gasteiger partial charge in [0, 0.05) is 25.7 Å². The van der Waals surface area contributed by atoms with E-state index in [1.807, 2.05) is 12.1 Å². The molecule has 4 rings (SSSR count). The monoisotopic (exact) mass is 308 g/mol. The second kappa shape index (κ2) is 5.25. The molecule has 23 heavy (non-hydrogen) atoms. The fraction of sp³-hybridized carbons (Fsp3) is 0.133. The summed E-state index contributed by atoms with van der Waals surface area (Å²) in [6, 6.07) is 5.41. The van der Waals surface area contributed by atoms with Crippen molar-refractivity contribution < 1.29 is 4.74 Å². The Bertz CT molecular complexity index is 1050. The Kier molecular flexibility index (Phi) is 3.09. The van der Waals surface area contributed by atoms with Crippen molar-refractivity contribution in [1.29, 1.82) is 0 Å². The molecular weight excluding hydrogens is 296 g/mol. The van der Waals surface area contributed by atoms with E-state index in [4.69, 9.17) is 4.74 Å². The van der Waals surface area contributed by atoms with Gasteiger partial charge in [-0.2, -0.15) is 9.50 Å². The molecule has 4 aromatic rings. The van der Waals surface area contributed by atoms with Gasteiger partial charge in [0.2, 0.25) is 0 Å². The van der Waals surface area contributed by atoms with Crippen LogP contribution in [0.5, 0.6) is 0 Å². The highest BCUT2D eigenvalue weighted by Crippen LogP contribution is 2.12. The molecule has 0 aliphatic heterocycles. The van der Waals surface area contributed by atoms with Gasteiger partial charge in [-0.15, -0.1) is 5.10 Å². The largest absolute Gasteiger partial charge is 0.377 e. The minimum atomic E-state index is -0.186. The van der Waals surface area contributed by atoms with Gasteiger partial charge in [-0.25, -0.2) is 4.98 Å². The van der Waals surface area contributed by atoms with E-state index in [1.54, 1.807) is 36.3 Å². The van der Waals surface area contributed by atoms with Crippen molar-refractivity contribution in [2.45, 2.75) is 6.61 Å². The van der Waals surface area contributed by atoms with Crippen molar-refractivity contribution >= 4 is 16.7 Å². The van der Waals surface area contributed by atoms with Crippen molar-refractivity contribution in [3.05, 3.63) is 59.2 Å². The SMILES string of the molecule is COCc1nc2ncc3c(=O)n(-c4cccnc4)ccc3n2n1. The third-order valence-corrected chi connectivity index (χ3v) is 3.48. The molecule has 0 fully saturated rings. The number of ether oxygens (including phenoxy) is 1. The van der Waals surface area contributed by atoms with Crippen LogP contribution >= 0.6 is 0 Å². The summed E-state index contributed by atoms with van der Waals surface area (Å²) in [6.07, 6.45) is 6.50. The second-order valence-electron chi connectivity index (χ2n) is 4.93. The van der Waals surface area contributed by atoms with Crippen molar-refractivity contribution in [1.82, 2.24) is 29.1 Å². The Morgan fingerprint density at radius 3 is 2.96 bits per heavy atom. The smallest absolute Gasteiger partial charge is 0.266 e. The van der Waals surface area contributed by atoms with Gasteiger partial charge in [-0.3, -0.25) is 14.3 Å². The van der Waals surface area contributed by atoms with Gasteiger partial charge in [-0.1, -0.05) is 0 Å². The van der Waals surface area contributed by atoms with Crippen LogP contribution in [0.3, 0.4) is 0 Å². The van der Waals surface area contributed by atoms with E-state index in [0.29, 0.717) is 28.2 Å². The highest BCUT2D eigenvalue weighted by atomic mass is 16.5. The highest BCUT2D eigenvalue weighted by molar-refractivity contribution is 5.78. The first-order chi connectivity index (χ1) is 11.3. The Hall–Kier alpha value is -3.13. The third kappa shape index (κ3) is 2.16. The van der Waals surface area contributed by atoms with E-state index < -0.39 is 0 Å². The first kappa shape index (κ1) is 13.5. The summed E-state index contributed by atoms with van der Waals surface area (Å²) in [5, 5.41) is 4.79. The molecule has 0 unspecified atom stereocenters. The fourth-order valence-electron chi connectivity index (χ4n) is 2.45. The van der Waals surface area contributed by atoms with E-state index in [-0.39, 0.29) is 12.2 Å². The lowest BCUT2D eigenvalue weighted by Gasteiger charge is -2.06. The molecule has 0 radical (unpaired) electrons. The van der Waals surface area contributed by atoms with E-state index in [0.717, 1.165) is 0 Å². The molecule has 8 nitrogen and oxygen atoms in total. The number of hydrogen-bond acceptors (Lipinski definition) is 6. The highest BCUT2D eigenvalue weighted by Gasteiger charge is 2.11. The predicted molar refractivity (Wildman–Crippen MR) is 82.4 cm³/mol. The summed E-state index contributed by atoms with van der Waals surface area (Å²) in [6.45, 7) is 0.289. The second-order valence-corrected chi connectivity index (χ2v) is 4.93. The maximum absolute atomic E-state index is 12.7. The summed E-state index contributed by atoms with van der Waals surface area (Å²) in [5.41, 5.74) is 1.15. The minimum absolute atomic E-state index is 0.186. The number of aromatic nitrogens is 6. The summed E-state index contributed by atoms with van der Waals surface area (Å²) in [5.74, 6) is 0.951. The first-order valence-corrected chi connectivity index (χ1v) is 6.93. The molecule has 0 aliphatic carbocycles. The van der Waals surface area contributed by atoms with Crippen LogP contribution in [0, 0.1) is 0 Å². The lowest BCUT2D eigenvalue weighted by Crippen LogP contribution is -2.19. The number of rotatable bonds is 3. The standard InChI is InChI=1S/C15H12N6O2/c1-23-9-13-18-15-17-8-11-12(21(15)19-13)4-6-20(14(11)22)10-3-2-5-16-7-10/h2-8H,9H2,1H3. The van der Waals surface area contributed by atoms with Crippen molar-refractivity contribution in [2.75, 3.05) is 7.11 Å². The molecule has 0 amide bonds. The molecule has 0 atom stereocenters. The molecule has 0 aliphatic rings. The average molecular weight is 308 g/mol. The molecule has 4 heterocycles. The van der Waals surface area contributed by atoms with Crippen LogP contribution in [0.15, 0.2) is 47.8 Å². The zero-order chi connectivity index (χ0) is 15.8. The number of hydrogen-bond donors (Lipinski definition) is 0. The van der Waals surface area contributed by atoms with Crippen molar-refractivity contribution in [3.63, 3.8) is 0 Å². The van der Waals surface area contributed by atoms with Gasteiger partial charge in [-0.05, 0) is 18.2 Å². The third-order valence-electron chi connectivity index (χ3n) is 3.48. The number of methoxy groups -OCH3 is 1. The van der Waals surface area contributed by atoms with Crippen molar-refractivity contribution in [3.8, 4) is 5.69 Å². The Balaban J connectivity index is 1.98. The van der Waals surface area contributed by atoms with Gasteiger partial charge in [0.25, 0.3) is 11.3 Å². The quantitative estimate of drug-likeness (QED) is 0.560. The zero-order valence-electron chi connectivity index (χ0n) is 12.2. The lowest BCUT2D eigenvalue weighted by molar-refractivity contribution is 0.178. The van der Waals surface area contributed by atoms with Crippen molar-refractivity contribution in [2.24, 2.45) is 0 Å². The fourth-order valence-corrected chi connectivity index (χ4v) is 2.45. The molecule has 0 aromatic carbocycles. The minimum Gasteiger partial charge on any atom is -0.377 e. The summed E-state index contributed by atoms with van der Waals surface area (Å²) >= 11 is 0. The van der Waals surface area contributed by atoms with Crippen LogP contribution in [0.25, 0.3) is 22.4 Å². The summed E-state index contributed by atoms with van der Waals surface area (Å²) in [7, 11) is 1.57. The Morgan fingerprint density at radius 2 is 2.17 bits per heavy atom. The van der Waals surface area contributed by atoms with Gasteiger partial charge in [0.15, 0.2) is 5.82 Å². The van der Waals surface area contributed by atoms with Gasteiger partial charge in [0.05, 0.1) is 22.8 Å². The van der Waals surface area contributed by atoms with E-state index in [1.165, 1.54) is 10.8 Å². The summed E-state index contributed by atoms with van der Waals surface area (Å²) in [4.78, 5) is 25.2. The average Bonchev–Trinajstić information content (AvgIpc) is 2.99. The van der Waals surface area contributed by atoms with Crippen LogP contribution < -0.4 is 5.56 Å². The number of fused-ring (bicyclic) bond motifs is 3. The van der Waals surface area contributed by atoms with Gasteiger partial charge >= 0.3 is 0 Å². The molecule has 114 valence electrons. The molecule has 0 bridgehead atoms. The molecule has 0 spiro atoms. The van der Waals surface area contributed by atoms with Gasteiger partial charge in [0.1, 0.15) is 6.61 Å². The maximum atomic E-state index is 12.7. The predicted octanol–water partition coefficient (Wildman–Crippen LogP) is 0.970. The first-order valence-electron chi connectivity index (χ1n) is 6.93. The van der Waals surface area contributed by atoms with Crippen LogP contribution in [0.2, 0.25) is 0 Å². The number of pyridine rings is 2. The molecule has 0 N–H and O–H groups in total. The number of nitrogens with zero attached hydrogens (tertiary/aromatic N) is 6.